The van der Waals surface area contributed by atoms with Crippen LogP contribution in [0.3, 0.4) is 0 Å². The highest BCUT2D eigenvalue weighted by atomic mass is 35.5. The molecule has 1 saturated heterocycles. The van der Waals surface area contributed by atoms with Crippen molar-refractivity contribution >= 4 is 34.2 Å². The number of morpholine rings is 1. The summed E-state index contributed by atoms with van der Waals surface area (Å²) in [6.07, 6.45) is 0. The molecule has 7 nitrogen and oxygen atoms in total. The average molecular weight is 483 g/mol. The predicted molar refractivity (Wildman–Crippen MR) is 117 cm³/mol. The van der Waals surface area contributed by atoms with Crippen LogP contribution in [0.4, 0.5) is 18.9 Å². The Hall–Kier alpha value is -2.82. The third-order valence-electron chi connectivity index (χ3n) is 5.51. The molecule has 2 aromatic carbocycles. The molecule has 1 aliphatic rings. The zero-order valence-corrected chi connectivity index (χ0v) is 18.7. The largest absolute Gasteiger partial charge is 0.382 e. The number of rotatable bonds is 6. The standard InChI is InChI=1S/C22H22ClF3N4O3/c1-11-17(24)16(18(25)19(26)20(11)30-5-7-33-8-6-30)22(31)29-15(10-32-2)21-27-13-4-3-12(23)9-14(13)28-21/h3-4,9,15H,5-8,10H2,1-2H3,(H,27,28)(H,29,31)/t15-/m0/s1. The number of hydrogen-bond acceptors (Lipinski definition) is 5. The fraction of sp³-hybridized carbons (Fsp3) is 0.364. The van der Waals surface area contributed by atoms with E-state index < -0.39 is 35.0 Å². The van der Waals surface area contributed by atoms with Gasteiger partial charge in [-0.15, -0.1) is 0 Å². The number of hydrogen-bond donors (Lipinski definition) is 2. The first-order valence-electron chi connectivity index (χ1n) is 10.3. The Morgan fingerprint density at radius 2 is 2.00 bits per heavy atom. The fourth-order valence-corrected chi connectivity index (χ4v) is 4.04. The number of aromatic nitrogens is 2. The second-order valence-electron chi connectivity index (χ2n) is 7.65. The van der Waals surface area contributed by atoms with Crippen LogP contribution in [0, 0.1) is 24.4 Å². The summed E-state index contributed by atoms with van der Waals surface area (Å²) in [5.41, 5.74) is -0.154. The van der Waals surface area contributed by atoms with Crippen molar-refractivity contribution in [2.24, 2.45) is 0 Å². The van der Waals surface area contributed by atoms with Crippen molar-refractivity contribution in [1.29, 1.82) is 0 Å². The molecule has 0 aliphatic carbocycles. The van der Waals surface area contributed by atoms with Crippen LogP contribution < -0.4 is 10.2 Å². The molecule has 1 aliphatic heterocycles. The van der Waals surface area contributed by atoms with E-state index in [0.29, 0.717) is 35.1 Å². The molecule has 0 radical (unpaired) electrons. The molecular weight excluding hydrogens is 461 g/mol. The summed E-state index contributed by atoms with van der Waals surface area (Å²) in [6, 6.07) is 4.13. The molecule has 33 heavy (non-hydrogen) atoms. The Bertz CT molecular complexity index is 1170. The van der Waals surface area contributed by atoms with Gasteiger partial charge in [0.25, 0.3) is 5.91 Å². The van der Waals surface area contributed by atoms with E-state index in [0.717, 1.165) is 0 Å². The van der Waals surface area contributed by atoms with Crippen molar-refractivity contribution in [3.63, 3.8) is 0 Å². The summed E-state index contributed by atoms with van der Waals surface area (Å²) < 4.78 is 55.5. The van der Waals surface area contributed by atoms with Crippen molar-refractivity contribution in [3.8, 4) is 0 Å². The molecule has 2 heterocycles. The molecule has 1 atom stereocenters. The summed E-state index contributed by atoms with van der Waals surface area (Å²) in [7, 11) is 1.40. The highest BCUT2D eigenvalue weighted by molar-refractivity contribution is 6.31. The number of fused-ring (bicyclic) bond motifs is 1. The average Bonchev–Trinajstić information content (AvgIpc) is 3.21. The number of nitrogens with one attached hydrogen (secondary N) is 2. The lowest BCUT2D eigenvalue weighted by Gasteiger charge is -2.31. The van der Waals surface area contributed by atoms with Gasteiger partial charge in [0.15, 0.2) is 11.6 Å². The Morgan fingerprint density at radius 3 is 2.70 bits per heavy atom. The minimum atomic E-state index is -1.55. The second-order valence-corrected chi connectivity index (χ2v) is 8.09. The van der Waals surface area contributed by atoms with Gasteiger partial charge < -0.3 is 24.7 Å². The Labute approximate surface area is 192 Å². The number of nitrogens with zero attached hydrogens (tertiary/aromatic N) is 2. The molecule has 11 heteroatoms. The van der Waals surface area contributed by atoms with Gasteiger partial charge in [0.2, 0.25) is 0 Å². The summed E-state index contributed by atoms with van der Waals surface area (Å²) in [5.74, 6) is -4.78. The van der Waals surface area contributed by atoms with Crippen LogP contribution in [0.1, 0.15) is 27.8 Å². The zero-order valence-electron chi connectivity index (χ0n) is 18.0. The van der Waals surface area contributed by atoms with Crippen LogP contribution in [0.15, 0.2) is 18.2 Å². The van der Waals surface area contributed by atoms with Gasteiger partial charge in [0.05, 0.1) is 36.5 Å². The summed E-state index contributed by atoms with van der Waals surface area (Å²) in [6.45, 7) is 2.46. The predicted octanol–water partition coefficient (Wildman–Crippen LogP) is 3.90. The number of anilines is 1. The molecule has 0 saturated carbocycles. The van der Waals surface area contributed by atoms with Gasteiger partial charge in [-0.1, -0.05) is 11.6 Å². The number of benzene rings is 2. The lowest BCUT2D eigenvalue weighted by atomic mass is 10.0. The first-order chi connectivity index (χ1) is 15.8. The van der Waals surface area contributed by atoms with Crippen LogP contribution in [-0.2, 0) is 9.47 Å². The van der Waals surface area contributed by atoms with Crippen molar-refractivity contribution in [3.05, 3.63) is 57.6 Å². The molecule has 0 bridgehead atoms. The number of H-pyrrole nitrogens is 1. The molecule has 2 N–H and O–H groups in total. The van der Waals surface area contributed by atoms with Crippen molar-refractivity contribution in [2.75, 3.05) is 44.9 Å². The van der Waals surface area contributed by atoms with E-state index in [1.807, 2.05) is 0 Å². The highest BCUT2D eigenvalue weighted by Gasteiger charge is 2.31. The second kappa shape index (κ2) is 9.58. The van der Waals surface area contributed by atoms with Gasteiger partial charge in [-0.25, -0.2) is 18.2 Å². The number of halogens is 4. The summed E-state index contributed by atoms with van der Waals surface area (Å²) in [5, 5.41) is 2.97. The van der Waals surface area contributed by atoms with Gasteiger partial charge in [-0.2, -0.15) is 0 Å². The Morgan fingerprint density at radius 1 is 1.27 bits per heavy atom. The van der Waals surface area contributed by atoms with E-state index in [-0.39, 0.29) is 30.9 Å². The van der Waals surface area contributed by atoms with Crippen LogP contribution in [-0.4, -0.2) is 55.9 Å². The molecule has 0 unspecified atom stereocenters. The molecule has 4 rings (SSSR count). The number of amides is 1. The number of carbonyl (C=O) groups excluding carboxylic acids is 1. The third-order valence-corrected chi connectivity index (χ3v) is 5.75. The molecule has 1 amide bonds. The quantitative estimate of drug-likeness (QED) is 0.521. The number of imidazole rings is 1. The number of carbonyl (C=O) groups is 1. The topological polar surface area (TPSA) is 79.5 Å². The first kappa shape index (κ1) is 23.3. The molecular formula is C22H22ClF3N4O3. The van der Waals surface area contributed by atoms with Gasteiger partial charge in [0.1, 0.15) is 23.2 Å². The molecule has 1 aromatic heterocycles. The SMILES string of the molecule is COC[C@H](NC(=O)c1c(F)c(C)c(N2CCOCC2)c(F)c1F)c1nc2cc(Cl)ccc2[nH]1. The van der Waals surface area contributed by atoms with Crippen LogP contribution in [0.5, 0.6) is 0 Å². The van der Waals surface area contributed by atoms with Crippen LogP contribution in [0.25, 0.3) is 11.0 Å². The number of aromatic amines is 1. The molecule has 1 fully saturated rings. The fourth-order valence-electron chi connectivity index (χ4n) is 3.88. The Balaban J connectivity index is 1.67. The monoisotopic (exact) mass is 482 g/mol. The van der Waals surface area contributed by atoms with E-state index in [4.69, 9.17) is 21.1 Å². The molecule has 0 spiro atoms. The van der Waals surface area contributed by atoms with E-state index >= 15 is 4.39 Å². The van der Waals surface area contributed by atoms with Crippen molar-refractivity contribution < 1.29 is 27.4 Å². The lowest BCUT2D eigenvalue weighted by Crippen LogP contribution is -2.38. The van der Waals surface area contributed by atoms with E-state index in [2.05, 4.69) is 15.3 Å². The smallest absolute Gasteiger partial charge is 0.258 e. The maximum Gasteiger partial charge on any atom is 0.258 e. The van der Waals surface area contributed by atoms with Crippen LogP contribution >= 0.6 is 11.6 Å². The number of methoxy groups -OCH3 is 1. The summed E-state index contributed by atoms with van der Waals surface area (Å²) in [4.78, 5) is 21.8. The minimum absolute atomic E-state index is 0.0458. The van der Waals surface area contributed by atoms with E-state index in [9.17, 15) is 13.6 Å². The maximum absolute atomic E-state index is 15.2. The normalized spacial score (nSPS) is 15.2. The van der Waals surface area contributed by atoms with Gasteiger partial charge >= 0.3 is 0 Å². The van der Waals surface area contributed by atoms with Crippen LogP contribution in [0.2, 0.25) is 5.02 Å². The molecule has 176 valence electrons. The van der Waals surface area contributed by atoms with Crippen molar-refractivity contribution in [1.82, 2.24) is 15.3 Å². The minimum Gasteiger partial charge on any atom is -0.382 e. The highest BCUT2D eigenvalue weighted by Crippen LogP contribution is 2.32. The lowest BCUT2D eigenvalue weighted by molar-refractivity contribution is 0.0882. The first-order valence-corrected chi connectivity index (χ1v) is 10.6. The maximum atomic E-state index is 15.2. The number of ether oxygens (including phenoxy) is 2. The Kier molecular flexibility index (Phi) is 6.78. The van der Waals surface area contributed by atoms with Gasteiger partial charge in [-0.05, 0) is 25.1 Å². The zero-order chi connectivity index (χ0) is 23.7. The summed E-state index contributed by atoms with van der Waals surface area (Å²) >= 11 is 5.99. The van der Waals surface area contributed by atoms with Gasteiger partial charge in [-0.3, -0.25) is 4.79 Å². The van der Waals surface area contributed by atoms with Gasteiger partial charge in [0, 0.05) is 30.8 Å². The molecule has 3 aromatic rings. The van der Waals surface area contributed by atoms with Crippen molar-refractivity contribution in [2.45, 2.75) is 13.0 Å². The van der Waals surface area contributed by atoms with E-state index in [1.54, 1.807) is 18.2 Å². The third kappa shape index (κ3) is 4.50. The van der Waals surface area contributed by atoms with E-state index in [1.165, 1.54) is 18.9 Å².